The average molecular weight is 378 g/mol. The smallest absolute Gasteiger partial charge is 0.246 e. The SMILES string of the molecule is Cc1nn(CC(=O)Nc2cnn(Cc3cccc(Cl)c3)c2)c(C)c1Cl. The van der Waals surface area contributed by atoms with E-state index in [1.807, 2.05) is 38.1 Å². The van der Waals surface area contributed by atoms with Gasteiger partial charge in [0.25, 0.3) is 0 Å². The largest absolute Gasteiger partial charge is 0.322 e. The van der Waals surface area contributed by atoms with E-state index in [-0.39, 0.29) is 12.5 Å². The summed E-state index contributed by atoms with van der Waals surface area (Å²) in [5.74, 6) is -0.190. The maximum Gasteiger partial charge on any atom is 0.246 e. The van der Waals surface area contributed by atoms with Crippen molar-refractivity contribution in [3.05, 3.63) is 63.7 Å². The van der Waals surface area contributed by atoms with Crippen LogP contribution in [-0.4, -0.2) is 25.5 Å². The Bertz CT molecular complexity index is 916. The third kappa shape index (κ3) is 4.21. The zero-order chi connectivity index (χ0) is 18.0. The normalized spacial score (nSPS) is 10.9. The number of benzene rings is 1. The molecule has 2 heterocycles. The molecule has 0 aliphatic carbocycles. The second kappa shape index (κ2) is 7.29. The van der Waals surface area contributed by atoms with Crippen molar-refractivity contribution in [2.75, 3.05) is 5.32 Å². The van der Waals surface area contributed by atoms with E-state index in [9.17, 15) is 4.79 Å². The van der Waals surface area contributed by atoms with Gasteiger partial charge in [0.05, 0.1) is 34.8 Å². The number of hydrogen-bond donors (Lipinski definition) is 1. The van der Waals surface area contributed by atoms with Crippen molar-refractivity contribution in [2.24, 2.45) is 0 Å². The molecule has 3 aromatic rings. The van der Waals surface area contributed by atoms with Crippen molar-refractivity contribution < 1.29 is 4.79 Å². The van der Waals surface area contributed by atoms with Gasteiger partial charge in [0.15, 0.2) is 0 Å². The molecule has 0 fully saturated rings. The standard InChI is InChI=1S/C17H17Cl2N5O/c1-11-17(19)12(2)24(22-11)10-16(25)21-15-7-20-23(9-15)8-13-4-3-5-14(18)6-13/h3-7,9H,8,10H2,1-2H3,(H,21,25). The van der Waals surface area contributed by atoms with Crippen LogP contribution in [0.5, 0.6) is 0 Å². The molecule has 0 aliphatic rings. The molecular formula is C17H17Cl2N5O. The number of rotatable bonds is 5. The molecule has 0 bridgehead atoms. The van der Waals surface area contributed by atoms with Gasteiger partial charge in [0, 0.05) is 11.2 Å². The van der Waals surface area contributed by atoms with Gasteiger partial charge in [-0.25, -0.2) is 0 Å². The fourth-order valence-electron chi connectivity index (χ4n) is 2.50. The molecule has 0 atom stereocenters. The number of halogens is 2. The van der Waals surface area contributed by atoms with Gasteiger partial charge in [-0.2, -0.15) is 10.2 Å². The Balaban J connectivity index is 1.62. The van der Waals surface area contributed by atoms with Crippen molar-refractivity contribution in [3.8, 4) is 0 Å². The van der Waals surface area contributed by atoms with E-state index < -0.39 is 0 Å². The molecule has 1 amide bonds. The Hall–Kier alpha value is -2.31. The molecule has 130 valence electrons. The Kier molecular flexibility index (Phi) is 5.11. The van der Waals surface area contributed by atoms with Crippen LogP contribution in [-0.2, 0) is 17.9 Å². The lowest BCUT2D eigenvalue weighted by Gasteiger charge is -2.05. The Labute approximate surface area is 155 Å². The highest BCUT2D eigenvalue weighted by molar-refractivity contribution is 6.31. The fraction of sp³-hybridized carbons (Fsp3) is 0.235. The molecule has 0 saturated carbocycles. The number of nitrogens with zero attached hydrogens (tertiary/aromatic N) is 4. The van der Waals surface area contributed by atoms with Crippen LogP contribution in [0.3, 0.4) is 0 Å². The lowest BCUT2D eigenvalue weighted by atomic mass is 10.2. The van der Waals surface area contributed by atoms with Crippen molar-refractivity contribution in [2.45, 2.75) is 26.9 Å². The minimum Gasteiger partial charge on any atom is -0.322 e. The van der Waals surface area contributed by atoms with Crippen LogP contribution in [0, 0.1) is 13.8 Å². The quantitative estimate of drug-likeness (QED) is 0.737. The van der Waals surface area contributed by atoms with Gasteiger partial charge >= 0.3 is 0 Å². The van der Waals surface area contributed by atoms with E-state index in [2.05, 4.69) is 15.5 Å². The highest BCUT2D eigenvalue weighted by Crippen LogP contribution is 2.19. The third-order valence-corrected chi connectivity index (χ3v) is 4.52. The van der Waals surface area contributed by atoms with Gasteiger partial charge in [0.2, 0.25) is 5.91 Å². The number of carbonyl (C=O) groups excluding carboxylic acids is 1. The summed E-state index contributed by atoms with van der Waals surface area (Å²) in [6.07, 6.45) is 3.38. The molecule has 3 rings (SSSR count). The average Bonchev–Trinajstić information content (AvgIpc) is 3.08. The lowest BCUT2D eigenvalue weighted by molar-refractivity contribution is -0.116. The topological polar surface area (TPSA) is 64.7 Å². The summed E-state index contributed by atoms with van der Waals surface area (Å²) in [6.45, 7) is 4.31. The maximum atomic E-state index is 12.2. The molecule has 0 radical (unpaired) electrons. The monoisotopic (exact) mass is 377 g/mol. The van der Waals surface area contributed by atoms with Crippen LogP contribution >= 0.6 is 23.2 Å². The lowest BCUT2D eigenvalue weighted by Crippen LogP contribution is -2.20. The van der Waals surface area contributed by atoms with Crippen LogP contribution in [0.4, 0.5) is 5.69 Å². The van der Waals surface area contributed by atoms with E-state index in [0.717, 1.165) is 11.3 Å². The van der Waals surface area contributed by atoms with E-state index >= 15 is 0 Å². The summed E-state index contributed by atoms with van der Waals surface area (Å²) >= 11 is 12.1. The molecule has 25 heavy (non-hydrogen) atoms. The van der Waals surface area contributed by atoms with Gasteiger partial charge in [-0.15, -0.1) is 0 Å². The molecule has 2 aromatic heterocycles. The summed E-state index contributed by atoms with van der Waals surface area (Å²) < 4.78 is 3.32. The van der Waals surface area contributed by atoms with Gasteiger partial charge < -0.3 is 5.32 Å². The van der Waals surface area contributed by atoms with E-state index in [1.165, 1.54) is 0 Å². The third-order valence-electron chi connectivity index (χ3n) is 3.74. The first-order valence-electron chi connectivity index (χ1n) is 7.68. The molecule has 0 spiro atoms. The van der Waals surface area contributed by atoms with Gasteiger partial charge in [-0.3, -0.25) is 14.2 Å². The second-order valence-electron chi connectivity index (χ2n) is 5.75. The summed E-state index contributed by atoms with van der Waals surface area (Å²) in [5.41, 5.74) is 3.14. The molecule has 6 nitrogen and oxygen atoms in total. The number of hydrogen-bond acceptors (Lipinski definition) is 3. The Morgan fingerprint density at radius 3 is 2.76 bits per heavy atom. The van der Waals surface area contributed by atoms with Crippen LogP contribution in [0.2, 0.25) is 10.0 Å². The highest BCUT2D eigenvalue weighted by atomic mass is 35.5. The number of aryl methyl sites for hydroxylation is 1. The zero-order valence-electron chi connectivity index (χ0n) is 13.8. The summed E-state index contributed by atoms with van der Waals surface area (Å²) in [4.78, 5) is 12.2. The van der Waals surface area contributed by atoms with Crippen molar-refractivity contribution in [3.63, 3.8) is 0 Å². The predicted molar refractivity (Wildman–Crippen MR) is 98.1 cm³/mol. The molecule has 1 aromatic carbocycles. The fourth-order valence-corrected chi connectivity index (χ4v) is 2.85. The van der Waals surface area contributed by atoms with E-state index in [1.54, 1.807) is 21.8 Å². The first-order chi connectivity index (χ1) is 11.9. The van der Waals surface area contributed by atoms with Crippen LogP contribution in [0.25, 0.3) is 0 Å². The number of anilines is 1. The minimum atomic E-state index is -0.190. The van der Waals surface area contributed by atoms with Crippen molar-refractivity contribution >= 4 is 34.8 Å². The van der Waals surface area contributed by atoms with Gasteiger partial charge in [-0.1, -0.05) is 35.3 Å². The number of nitrogens with one attached hydrogen (secondary N) is 1. The summed E-state index contributed by atoms with van der Waals surface area (Å²) in [6, 6.07) is 7.57. The summed E-state index contributed by atoms with van der Waals surface area (Å²) in [7, 11) is 0. The Morgan fingerprint density at radius 1 is 1.28 bits per heavy atom. The van der Waals surface area contributed by atoms with Crippen molar-refractivity contribution in [1.29, 1.82) is 0 Å². The first kappa shape index (κ1) is 17.5. The van der Waals surface area contributed by atoms with Crippen molar-refractivity contribution in [1.82, 2.24) is 19.6 Å². The number of amides is 1. The second-order valence-corrected chi connectivity index (χ2v) is 6.56. The number of aromatic nitrogens is 4. The van der Waals surface area contributed by atoms with Crippen LogP contribution < -0.4 is 5.32 Å². The highest BCUT2D eigenvalue weighted by Gasteiger charge is 2.13. The minimum absolute atomic E-state index is 0.0961. The zero-order valence-corrected chi connectivity index (χ0v) is 15.3. The molecule has 0 saturated heterocycles. The maximum absolute atomic E-state index is 12.2. The molecular weight excluding hydrogens is 361 g/mol. The van der Waals surface area contributed by atoms with E-state index in [4.69, 9.17) is 23.2 Å². The number of carbonyl (C=O) groups is 1. The van der Waals surface area contributed by atoms with Crippen LogP contribution in [0.15, 0.2) is 36.7 Å². The Morgan fingerprint density at radius 2 is 2.08 bits per heavy atom. The van der Waals surface area contributed by atoms with Crippen LogP contribution in [0.1, 0.15) is 17.0 Å². The molecule has 1 N–H and O–H groups in total. The predicted octanol–water partition coefficient (Wildman–Crippen LogP) is 3.69. The van der Waals surface area contributed by atoms with Gasteiger partial charge in [-0.05, 0) is 31.5 Å². The first-order valence-corrected chi connectivity index (χ1v) is 8.44. The molecule has 8 heteroatoms. The molecule has 0 unspecified atom stereocenters. The van der Waals surface area contributed by atoms with E-state index in [0.29, 0.717) is 28.0 Å². The molecule has 0 aliphatic heterocycles. The summed E-state index contributed by atoms with van der Waals surface area (Å²) in [5, 5.41) is 12.6. The van der Waals surface area contributed by atoms with Gasteiger partial charge in [0.1, 0.15) is 6.54 Å².